The van der Waals surface area contributed by atoms with Crippen LogP contribution in [0.4, 0.5) is 16.2 Å². The average molecular weight is 532 g/mol. The predicted octanol–water partition coefficient (Wildman–Crippen LogP) is 4.50. The van der Waals surface area contributed by atoms with Crippen molar-refractivity contribution in [2.75, 3.05) is 49.5 Å². The lowest BCUT2D eigenvalue weighted by atomic mass is 10.2. The van der Waals surface area contributed by atoms with Gasteiger partial charge in [-0.05, 0) is 56.3 Å². The summed E-state index contributed by atoms with van der Waals surface area (Å²) in [4.78, 5) is 43.3. The monoisotopic (exact) mass is 531 g/mol. The minimum absolute atomic E-state index is 0.0639. The third-order valence-electron chi connectivity index (χ3n) is 5.63. The number of nitrogens with zero attached hydrogens (tertiary/aromatic N) is 3. The molecule has 2 N–H and O–H groups in total. The summed E-state index contributed by atoms with van der Waals surface area (Å²) in [6.07, 6.45) is 1.57. The Kier molecular flexibility index (Phi) is 9.61. The normalized spacial score (nSPS) is 13.4. The molecule has 0 unspecified atom stereocenters. The fraction of sp³-hybridized carbons (Fsp3) is 0.346. The Bertz CT molecular complexity index is 1100. The molecule has 4 amide bonds. The Morgan fingerprint density at radius 3 is 2.33 bits per heavy atom. The maximum absolute atomic E-state index is 12.9. The van der Waals surface area contributed by atoms with Gasteiger partial charge >= 0.3 is 6.03 Å². The number of piperazine rings is 1. The molecule has 0 radical (unpaired) electrons. The van der Waals surface area contributed by atoms with Crippen molar-refractivity contribution in [3.63, 3.8) is 0 Å². The fourth-order valence-electron chi connectivity index (χ4n) is 3.82. The lowest BCUT2D eigenvalue weighted by molar-refractivity contribution is -0.116. The van der Waals surface area contributed by atoms with Crippen LogP contribution < -0.4 is 15.5 Å². The van der Waals surface area contributed by atoms with E-state index in [1.807, 2.05) is 26.0 Å². The number of halogens is 2. The van der Waals surface area contributed by atoms with Crippen molar-refractivity contribution < 1.29 is 14.4 Å². The number of nitrogens with one attached hydrogen (secondary N) is 2. The largest absolute Gasteiger partial charge is 0.368 e. The summed E-state index contributed by atoms with van der Waals surface area (Å²) in [7, 11) is 0. The SMILES string of the molecule is C=CCN(CC(=O)Nc1cc(N2CCN(C(=O)NC(C)C)CC2)ccc1Cl)C(=O)c1ccc(Cl)cc1. The van der Waals surface area contributed by atoms with Gasteiger partial charge in [0.15, 0.2) is 0 Å². The minimum Gasteiger partial charge on any atom is -0.368 e. The Hall–Kier alpha value is -3.23. The first-order valence-electron chi connectivity index (χ1n) is 11.7. The van der Waals surface area contributed by atoms with Crippen LogP contribution in [0.2, 0.25) is 10.0 Å². The molecule has 1 aliphatic rings. The molecule has 1 saturated heterocycles. The maximum Gasteiger partial charge on any atom is 0.317 e. The van der Waals surface area contributed by atoms with E-state index >= 15 is 0 Å². The summed E-state index contributed by atoms with van der Waals surface area (Å²) in [5, 5.41) is 6.65. The predicted molar refractivity (Wildman–Crippen MR) is 145 cm³/mol. The quantitative estimate of drug-likeness (QED) is 0.491. The van der Waals surface area contributed by atoms with Crippen LogP contribution in [0.1, 0.15) is 24.2 Å². The van der Waals surface area contributed by atoms with E-state index in [2.05, 4.69) is 22.1 Å². The highest BCUT2D eigenvalue weighted by atomic mass is 35.5. The van der Waals surface area contributed by atoms with Crippen molar-refractivity contribution in [1.82, 2.24) is 15.1 Å². The number of carbonyl (C=O) groups is 3. The molecule has 36 heavy (non-hydrogen) atoms. The van der Waals surface area contributed by atoms with Crippen molar-refractivity contribution in [3.8, 4) is 0 Å². The van der Waals surface area contributed by atoms with Crippen LogP contribution in [0.15, 0.2) is 55.1 Å². The summed E-state index contributed by atoms with van der Waals surface area (Å²) >= 11 is 12.3. The van der Waals surface area contributed by atoms with Crippen LogP contribution in [0.25, 0.3) is 0 Å². The second kappa shape index (κ2) is 12.6. The molecule has 0 spiro atoms. The first-order chi connectivity index (χ1) is 17.2. The lowest BCUT2D eigenvalue weighted by Gasteiger charge is -2.36. The molecule has 0 aromatic heterocycles. The summed E-state index contributed by atoms with van der Waals surface area (Å²) in [5.41, 5.74) is 1.77. The zero-order valence-corrected chi connectivity index (χ0v) is 22.0. The van der Waals surface area contributed by atoms with Crippen LogP contribution in [0.3, 0.4) is 0 Å². The van der Waals surface area contributed by atoms with E-state index in [1.54, 1.807) is 41.3 Å². The van der Waals surface area contributed by atoms with Gasteiger partial charge < -0.3 is 25.3 Å². The van der Waals surface area contributed by atoms with Gasteiger partial charge in [0.05, 0.1) is 10.7 Å². The number of hydrogen-bond donors (Lipinski definition) is 2. The highest BCUT2D eigenvalue weighted by Gasteiger charge is 2.23. The van der Waals surface area contributed by atoms with Crippen molar-refractivity contribution in [2.45, 2.75) is 19.9 Å². The summed E-state index contributed by atoms with van der Waals surface area (Å²) in [6, 6.07) is 11.9. The van der Waals surface area contributed by atoms with Crippen molar-refractivity contribution >= 4 is 52.4 Å². The summed E-state index contributed by atoms with van der Waals surface area (Å²) in [6.45, 7) is 10.1. The highest BCUT2D eigenvalue weighted by molar-refractivity contribution is 6.34. The smallest absolute Gasteiger partial charge is 0.317 e. The van der Waals surface area contributed by atoms with Crippen LogP contribution in [0, 0.1) is 0 Å². The summed E-state index contributed by atoms with van der Waals surface area (Å²) < 4.78 is 0. The highest BCUT2D eigenvalue weighted by Crippen LogP contribution is 2.28. The van der Waals surface area contributed by atoms with E-state index in [0.717, 1.165) is 5.69 Å². The molecular formula is C26H31Cl2N5O3. The Morgan fingerprint density at radius 1 is 1.06 bits per heavy atom. The van der Waals surface area contributed by atoms with E-state index in [9.17, 15) is 14.4 Å². The molecule has 3 rings (SSSR count). The maximum atomic E-state index is 12.9. The average Bonchev–Trinajstić information content (AvgIpc) is 2.85. The van der Waals surface area contributed by atoms with Gasteiger partial charge in [-0.2, -0.15) is 0 Å². The molecule has 2 aromatic rings. The van der Waals surface area contributed by atoms with Gasteiger partial charge in [0.1, 0.15) is 6.54 Å². The molecule has 8 nitrogen and oxygen atoms in total. The van der Waals surface area contributed by atoms with Gasteiger partial charge in [-0.1, -0.05) is 29.3 Å². The van der Waals surface area contributed by atoms with Gasteiger partial charge in [0, 0.05) is 55.0 Å². The second-order valence-corrected chi connectivity index (χ2v) is 9.62. The van der Waals surface area contributed by atoms with Crippen LogP contribution in [0.5, 0.6) is 0 Å². The zero-order chi connectivity index (χ0) is 26.2. The Morgan fingerprint density at radius 2 is 1.72 bits per heavy atom. The molecule has 2 aromatic carbocycles. The number of carbonyl (C=O) groups excluding carboxylic acids is 3. The molecular weight excluding hydrogens is 501 g/mol. The van der Waals surface area contributed by atoms with E-state index in [-0.39, 0.29) is 37.0 Å². The number of rotatable bonds is 8. The molecule has 1 heterocycles. The number of urea groups is 1. The van der Waals surface area contributed by atoms with Gasteiger partial charge in [-0.3, -0.25) is 9.59 Å². The Labute approximate surface area is 221 Å². The van der Waals surface area contributed by atoms with Gasteiger partial charge in [0.25, 0.3) is 5.91 Å². The molecule has 0 aliphatic carbocycles. The van der Waals surface area contributed by atoms with Crippen LogP contribution >= 0.6 is 23.2 Å². The molecule has 1 aliphatic heterocycles. The zero-order valence-electron chi connectivity index (χ0n) is 20.5. The topological polar surface area (TPSA) is 85.0 Å². The van der Waals surface area contributed by atoms with Gasteiger partial charge in [-0.15, -0.1) is 6.58 Å². The minimum atomic E-state index is -0.381. The first kappa shape index (κ1) is 27.4. The lowest BCUT2D eigenvalue weighted by Crippen LogP contribution is -2.52. The van der Waals surface area contributed by atoms with E-state index in [4.69, 9.17) is 23.2 Å². The number of amides is 4. The third-order valence-corrected chi connectivity index (χ3v) is 6.21. The van der Waals surface area contributed by atoms with Crippen LogP contribution in [-0.2, 0) is 4.79 Å². The van der Waals surface area contributed by atoms with Crippen molar-refractivity contribution in [3.05, 3.63) is 70.7 Å². The number of benzene rings is 2. The molecule has 0 saturated carbocycles. The van der Waals surface area contributed by atoms with E-state index < -0.39 is 0 Å². The Balaban J connectivity index is 1.64. The number of anilines is 2. The van der Waals surface area contributed by atoms with Gasteiger partial charge in [-0.25, -0.2) is 4.79 Å². The van der Waals surface area contributed by atoms with Gasteiger partial charge in [0.2, 0.25) is 5.91 Å². The third kappa shape index (κ3) is 7.38. The fourth-order valence-corrected chi connectivity index (χ4v) is 4.12. The second-order valence-electron chi connectivity index (χ2n) is 8.77. The molecule has 0 bridgehead atoms. The molecule has 0 atom stereocenters. The molecule has 192 valence electrons. The van der Waals surface area contributed by atoms with Crippen LogP contribution in [-0.4, -0.2) is 73.0 Å². The number of hydrogen-bond acceptors (Lipinski definition) is 4. The van der Waals surface area contributed by atoms with E-state index in [1.165, 1.54) is 4.90 Å². The van der Waals surface area contributed by atoms with E-state index in [0.29, 0.717) is 47.5 Å². The molecule has 1 fully saturated rings. The van der Waals surface area contributed by atoms with Crippen molar-refractivity contribution in [2.24, 2.45) is 0 Å². The van der Waals surface area contributed by atoms with Crippen molar-refractivity contribution in [1.29, 1.82) is 0 Å². The summed E-state index contributed by atoms with van der Waals surface area (Å²) in [5.74, 6) is -0.686. The first-order valence-corrected chi connectivity index (χ1v) is 12.5. The molecule has 10 heteroatoms. The standard InChI is InChI=1S/C26H31Cl2N5O3/c1-4-11-33(25(35)19-5-7-20(27)8-6-19)17-24(34)30-23-16-21(9-10-22(23)28)31-12-14-32(15-13-31)26(36)29-18(2)3/h4-10,16,18H,1,11-15,17H2,2-3H3,(H,29,36)(H,30,34).